The molecular weight excluding hydrogens is 909 g/mol. The summed E-state index contributed by atoms with van der Waals surface area (Å²) in [5, 5.41) is 27.8. The van der Waals surface area contributed by atoms with E-state index in [0.717, 1.165) is 24.8 Å². The van der Waals surface area contributed by atoms with E-state index in [2.05, 4.69) is 31.9 Å². The average Bonchev–Trinajstić information content (AvgIpc) is 3.35. The number of carbonyl (C=O) groups is 7. The molecule has 7 rings (SSSR count). The van der Waals surface area contributed by atoms with E-state index in [-0.39, 0.29) is 31.8 Å². The Bertz CT molecular complexity index is 2440. The van der Waals surface area contributed by atoms with Gasteiger partial charge in [0.1, 0.15) is 41.8 Å². The smallest absolute Gasteiger partial charge is 0.408 e. The molecule has 17 nitrogen and oxygen atoms in total. The molecule has 4 bridgehead atoms. The van der Waals surface area contributed by atoms with Gasteiger partial charge in [-0.2, -0.15) is 0 Å². The van der Waals surface area contributed by atoms with Crippen LogP contribution < -0.4 is 36.6 Å². The standard InChI is InChI=1S/C54H66N6O11/c1-5-16-41(47(62)51(66)55-32-44(61)59-46(38-22-13-8-14-23-38)52(67)69-33-35-17-9-6-10-18-35)56-48(63)42-31-36-19-15-24-40(29-36)70-39-27-25-34(26-28-39)30-43(58-53(68)71-54(2,3)4)49(64)60-45(50(65)57-42)37-20-11-7-12-21-37/h6,8-10,13-15,17-19,22-29,37,41-43,45-47,62H,5,7,11-12,16,20-21,30-33H2,1-4H3,(H,55,66)(H,56,63)(H,57,65)(H,58,68)(H,59,61)(H,60,64)/t41?,42-,43+,45-,46-,47?/m0/s1. The number of aliphatic hydroxyl groups excluding tert-OH is 1. The quantitative estimate of drug-likeness (QED) is 0.0747. The van der Waals surface area contributed by atoms with Crippen LogP contribution in [-0.2, 0) is 57.7 Å². The number of nitrogens with one attached hydrogen (secondary N) is 6. The molecule has 0 radical (unpaired) electrons. The van der Waals surface area contributed by atoms with Crippen LogP contribution >= 0.6 is 0 Å². The Hall–Kier alpha value is -7.27. The van der Waals surface area contributed by atoms with Crippen molar-refractivity contribution in [1.82, 2.24) is 31.9 Å². The summed E-state index contributed by atoms with van der Waals surface area (Å²) in [7, 11) is 0. The highest BCUT2D eigenvalue weighted by Gasteiger charge is 2.37. The van der Waals surface area contributed by atoms with Gasteiger partial charge in [0.2, 0.25) is 23.6 Å². The molecule has 0 saturated heterocycles. The lowest BCUT2D eigenvalue weighted by molar-refractivity contribution is -0.149. The molecule has 3 aliphatic rings. The number of alkyl carbamates (subject to hydrolysis) is 1. The van der Waals surface area contributed by atoms with Crippen LogP contribution in [0.15, 0.2) is 109 Å². The second-order valence-electron chi connectivity index (χ2n) is 19.0. The molecule has 6 amide bonds. The number of benzene rings is 4. The van der Waals surface area contributed by atoms with Crippen molar-refractivity contribution in [3.8, 4) is 11.5 Å². The number of esters is 1. The van der Waals surface area contributed by atoms with Gasteiger partial charge < -0.3 is 51.2 Å². The lowest BCUT2D eigenvalue weighted by atomic mass is 9.83. The number of hydrogen-bond acceptors (Lipinski definition) is 11. The van der Waals surface area contributed by atoms with Gasteiger partial charge in [0.25, 0.3) is 5.91 Å². The van der Waals surface area contributed by atoms with Gasteiger partial charge in [0, 0.05) is 12.8 Å². The largest absolute Gasteiger partial charge is 0.459 e. The normalized spacial score (nSPS) is 18.9. The lowest BCUT2D eigenvalue weighted by Gasteiger charge is -2.33. The Morgan fingerprint density at radius 2 is 1.46 bits per heavy atom. The molecule has 2 unspecified atom stereocenters. The molecule has 71 heavy (non-hydrogen) atoms. The minimum absolute atomic E-state index is 0.0281. The highest BCUT2D eigenvalue weighted by atomic mass is 16.6. The maximum atomic E-state index is 14.6. The van der Waals surface area contributed by atoms with Crippen molar-refractivity contribution in [3.05, 3.63) is 131 Å². The van der Waals surface area contributed by atoms with Crippen LogP contribution in [0.5, 0.6) is 11.5 Å². The summed E-state index contributed by atoms with van der Waals surface area (Å²) in [4.78, 5) is 96.7. The highest BCUT2D eigenvalue weighted by Crippen LogP contribution is 2.28. The summed E-state index contributed by atoms with van der Waals surface area (Å²) in [6.07, 6.45) is 1.76. The monoisotopic (exact) mass is 974 g/mol. The number of fused-ring (bicyclic) bond motifs is 10. The van der Waals surface area contributed by atoms with E-state index in [1.165, 1.54) is 0 Å². The van der Waals surface area contributed by atoms with Gasteiger partial charge in [0.05, 0.1) is 12.6 Å². The predicted octanol–water partition coefficient (Wildman–Crippen LogP) is 5.38. The summed E-state index contributed by atoms with van der Waals surface area (Å²) in [5.74, 6) is -3.76. The fraction of sp³-hybridized carbons (Fsp3) is 0.426. The van der Waals surface area contributed by atoms with E-state index in [0.29, 0.717) is 47.5 Å². The molecular formula is C54H66N6O11. The zero-order valence-electron chi connectivity index (χ0n) is 40.7. The first-order chi connectivity index (χ1) is 34.0. The third kappa shape index (κ3) is 16.4. The Morgan fingerprint density at radius 3 is 2.14 bits per heavy atom. The summed E-state index contributed by atoms with van der Waals surface area (Å²) in [6.45, 7) is 6.27. The minimum Gasteiger partial charge on any atom is -0.459 e. The topological polar surface area (TPSA) is 240 Å². The molecule has 7 N–H and O–H groups in total. The van der Waals surface area contributed by atoms with E-state index >= 15 is 0 Å². The summed E-state index contributed by atoms with van der Waals surface area (Å²) in [5.41, 5.74) is 1.66. The minimum atomic E-state index is -1.84. The molecule has 4 aromatic carbocycles. The van der Waals surface area contributed by atoms with E-state index in [4.69, 9.17) is 14.2 Å². The Labute approximate surface area is 414 Å². The molecule has 1 aliphatic carbocycles. The van der Waals surface area contributed by atoms with Crippen LogP contribution in [0, 0.1) is 5.92 Å². The Morgan fingerprint density at radius 1 is 0.775 bits per heavy atom. The molecule has 17 heteroatoms. The second kappa shape index (κ2) is 25.5. The van der Waals surface area contributed by atoms with Crippen LogP contribution in [-0.4, -0.2) is 89.1 Å². The van der Waals surface area contributed by atoms with Crippen LogP contribution in [0.3, 0.4) is 0 Å². The predicted molar refractivity (Wildman–Crippen MR) is 263 cm³/mol. The lowest BCUT2D eigenvalue weighted by Crippen LogP contribution is -2.61. The zero-order chi connectivity index (χ0) is 50.9. The summed E-state index contributed by atoms with van der Waals surface area (Å²) < 4.78 is 17.2. The number of amides is 6. The Balaban J connectivity index is 1.20. The van der Waals surface area contributed by atoms with Gasteiger partial charge >= 0.3 is 12.1 Å². The van der Waals surface area contributed by atoms with Crippen molar-refractivity contribution >= 4 is 41.6 Å². The van der Waals surface area contributed by atoms with Crippen molar-refractivity contribution in [2.45, 2.75) is 134 Å². The van der Waals surface area contributed by atoms with Crippen molar-refractivity contribution in [2.24, 2.45) is 5.92 Å². The first-order valence-electron chi connectivity index (χ1n) is 24.3. The molecule has 4 aromatic rings. The van der Waals surface area contributed by atoms with Crippen molar-refractivity contribution in [2.75, 3.05) is 6.54 Å². The Kier molecular flexibility index (Phi) is 19.1. The molecule has 2 aliphatic heterocycles. The van der Waals surface area contributed by atoms with Crippen molar-refractivity contribution in [1.29, 1.82) is 0 Å². The zero-order valence-corrected chi connectivity index (χ0v) is 40.7. The van der Waals surface area contributed by atoms with Gasteiger partial charge in [-0.15, -0.1) is 0 Å². The van der Waals surface area contributed by atoms with Gasteiger partial charge in [-0.05, 0) is 92.5 Å². The molecule has 1 saturated carbocycles. The van der Waals surface area contributed by atoms with Crippen LogP contribution in [0.2, 0.25) is 0 Å². The number of aliphatic hydroxyl groups is 1. The maximum absolute atomic E-state index is 14.6. The molecule has 378 valence electrons. The van der Waals surface area contributed by atoms with Crippen molar-refractivity contribution < 1.29 is 52.9 Å². The van der Waals surface area contributed by atoms with E-state index < -0.39 is 90.1 Å². The molecule has 0 spiro atoms. The number of ether oxygens (including phenoxy) is 3. The highest BCUT2D eigenvalue weighted by molar-refractivity contribution is 5.95. The SMILES string of the molecule is CCCC(NC(=O)[C@@H]1Cc2cccc(c2)Oc2ccc(cc2)C[C@@H](NC(=O)OC(C)(C)C)C(=O)N[C@@H](C2CCCCC2)C(=O)N1)C(O)C(=O)NCC(=O)N[C@H](C(=O)OCc1ccccc1)c1ccccc1. The van der Waals surface area contributed by atoms with Gasteiger partial charge in [-0.1, -0.05) is 118 Å². The van der Waals surface area contributed by atoms with E-state index in [1.54, 1.807) is 119 Å². The molecule has 2 heterocycles. The number of hydrogen-bond donors (Lipinski definition) is 7. The summed E-state index contributed by atoms with van der Waals surface area (Å²) >= 11 is 0. The third-order valence-electron chi connectivity index (χ3n) is 12.2. The molecule has 6 atom stereocenters. The van der Waals surface area contributed by atoms with Crippen molar-refractivity contribution in [3.63, 3.8) is 0 Å². The van der Waals surface area contributed by atoms with Crippen LogP contribution in [0.25, 0.3) is 0 Å². The van der Waals surface area contributed by atoms with Crippen LogP contribution in [0.4, 0.5) is 4.79 Å². The van der Waals surface area contributed by atoms with Crippen LogP contribution in [0.1, 0.15) is 101 Å². The fourth-order valence-electron chi connectivity index (χ4n) is 8.59. The third-order valence-corrected chi connectivity index (χ3v) is 12.2. The maximum Gasteiger partial charge on any atom is 0.408 e. The fourth-order valence-corrected chi connectivity index (χ4v) is 8.59. The summed E-state index contributed by atoms with van der Waals surface area (Å²) in [6, 6.07) is 25.6. The number of carbonyl (C=O) groups excluding carboxylic acids is 7. The number of rotatable bonds is 15. The van der Waals surface area contributed by atoms with E-state index in [1.807, 2.05) is 18.2 Å². The first kappa shape index (κ1) is 53.1. The molecule has 0 aromatic heterocycles. The molecule has 1 fully saturated rings. The average molecular weight is 975 g/mol. The van der Waals surface area contributed by atoms with Gasteiger partial charge in [-0.3, -0.25) is 24.0 Å². The second-order valence-corrected chi connectivity index (χ2v) is 19.0. The van der Waals surface area contributed by atoms with Gasteiger partial charge in [-0.25, -0.2) is 9.59 Å². The van der Waals surface area contributed by atoms with E-state index in [9.17, 15) is 38.7 Å². The first-order valence-corrected chi connectivity index (χ1v) is 24.3. The van der Waals surface area contributed by atoms with Gasteiger partial charge in [0.15, 0.2) is 12.1 Å².